The molecule has 0 saturated carbocycles. The molecule has 1 heterocycles. The summed E-state index contributed by atoms with van der Waals surface area (Å²) in [6.07, 6.45) is 0. The topological polar surface area (TPSA) is 49.4 Å². The van der Waals surface area contributed by atoms with Crippen molar-refractivity contribution in [3.05, 3.63) is 64.2 Å². The summed E-state index contributed by atoms with van der Waals surface area (Å²) in [5, 5.41) is 3.26. The molecule has 2 aromatic rings. The molecule has 23 heavy (non-hydrogen) atoms. The molecule has 0 spiro atoms. The van der Waals surface area contributed by atoms with Crippen LogP contribution in [-0.2, 0) is 16.1 Å². The SMILES string of the molecule is CC(=O)N[C@H]1C(=O)N(Cc2ccc(C)cc2)c2ccc(Cl)cc21. The number of nitrogens with one attached hydrogen (secondary N) is 1. The van der Waals surface area contributed by atoms with Crippen LogP contribution in [0.3, 0.4) is 0 Å². The minimum absolute atomic E-state index is 0.141. The molecule has 0 unspecified atom stereocenters. The number of fused-ring (bicyclic) bond motifs is 1. The minimum atomic E-state index is -0.674. The quantitative estimate of drug-likeness (QED) is 0.939. The van der Waals surface area contributed by atoms with Gasteiger partial charge in [0, 0.05) is 23.2 Å². The fourth-order valence-electron chi connectivity index (χ4n) is 2.79. The number of anilines is 1. The summed E-state index contributed by atoms with van der Waals surface area (Å²) in [5.41, 5.74) is 3.74. The van der Waals surface area contributed by atoms with Gasteiger partial charge in [-0.2, -0.15) is 0 Å². The van der Waals surface area contributed by atoms with Crippen molar-refractivity contribution in [2.45, 2.75) is 26.4 Å². The summed E-state index contributed by atoms with van der Waals surface area (Å²) < 4.78 is 0. The molecular weight excluding hydrogens is 312 g/mol. The van der Waals surface area contributed by atoms with E-state index >= 15 is 0 Å². The van der Waals surface area contributed by atoms with E-state index in [4.69, 9.17) is 11.6 Å². The fourth-order valence-corrected chi connectivity index (χ4v) is 2.97. The zero-order chi connectivity index (χ0) is 16.6. The van der Waals surface area contributed by atoms with Crippen molar-refractivity contribution < 1.29 is 9.59 Å². The summed E-state index contributed by atoms with van der Waals surface area (Å²) in [5.74, 6) is -0.385. The van der Waals surface area contributed by atoms with Crippen molar-refractivity contribution in [3.63, 3.8) is 0 Å². The lowest BCUT2D eigenvalue weighted by atomic mass is 10.1. The molecule has 2 aromatic carbocycles. The number of amides is 2. The number of carbonyl (C=O) groups excluding carboxylic acids is 2. The first-order valence-electron chi connectivity index (χ1n) is 7.39. The van der Waals surface area contributed by atoms with Crippen LogP contribution in [0.2, 0.25) is 5.02 Å². The average molecular weight is 329 g/mol. The molecule has 0 bridgehead atoms. The largest absolute Gasteiger partial charge is 0.341 e. The smallest absolute Gasteiger partial charge is 0.254 e. The van der Waals surface area contributed by atoms with Crippen LogP contribution < -0.4 is 10.2 Å². The molecule has 118 valence electrons. The Morgan fingerprint density at radius 1 is 1.22 bits per heavy atom. The maximum atomic E-state index is 12.7. The summed E-state index contributed by atoms with van der Waals surface area (Å²) in [4.78, 5) is 25.9. The summed E-state index contributed by atoms with van der Waals surface area (Å²) in [6, 6.07) is 12.7. The van der Waals surface area contributed by atoms with Crippen LogP contribution in [0.4, 0.5) is 5.69 Å². The molecule has 5 heteroatoms. The summed E-state index contributed by atoms with van der Waals surface area (Å²) >= 11 is 6.06. The highest BCUT2D eigenvalue weighted by Crippen LogP contribution is 2.38. The van der Waals surface area contributed by atoms with E-state index in [1.165, 1.54) is 12.5 Å². The molecule has 3 rings (SSSR count). The molecule has 0 fully saturated rings. The number of benzene rings is 2. The Hall–Kier alpha value is -2.33. The van der Waals surface area contributed by atoms with Gasteiger partial charge in [-0.15, -0.1) is 0 Å². The first kappa shape index (κ1) is 15.6. The minimum Gasteiger partial charge on any atom is -0.341 e. The predicted octanol–water partition coefficient (Wildman–Crippen LogP) is 3.37. The Kier molecular flexibility index (Phi) is 4.09. The van der Waals surface area contributed by atoms with Crippen LogP contribution in [0.25, 0.3) is 0 Å². The lowest BCUT2D eigenvalue weighted by Crippen LogP contribution is -2.36. The Labute approximate surface area is 140 Å². The molecule has 0 aliphatic carbocycles. The van der Waals surface area contributed by atoms with Crippen molar-refractivity contribution in [1.82, 2.24) is 5.32 Å². The number of halogens is 1. The van der Waals surface area contributed by atoms with Crippen LogP contribution in [0.15, 0.2) is 42.5 Å². The maximum absolute atomic E-state index is 12.7. The lowest BCUT2D eigenvalue weighted by molar-refractivity contribution is -0.126. The molecule has 1 aliphatic heterocycles. The number of hydrogen-bond acceptors (Lipinski definition) is 2. The van der Waals surface area contributed by atoms with Crippen molar-refractivity contribution in [3.8, 4) is 0 Å². The standard InChI is InChI=1S/C18H17ClN2O2/c1-11-3-5-13(6-4-11)10-21-16-8-7-14(19)9-15(16)17(18(21)23)20-12(2)22/h3-9,17H,10H2,1-2H3,(H,20,22)/t17-/m1/s1. The van der Waals surface area contributed by atoms with E-state index in [-0.39, 0.29) is 11.8 Å². The van der Waals surface area contributed by atoms with E-state index in [2.05, 4.69) is 5.32 Å². The number of carbonyl (C=O) groups is 2. The van der Waals surface area contributed by atoms with Crippen LogP contribution in [0, 0.1) is 6.92 Å². The molecule has 2 amide bonds. The van der Waals surface area contributed by atoms with E-state index in [0.29, 0.717) is 11.6 Å². The van der Waals surface area contributed by atoms with E-state index in [0.717, 1.165) is 16.8 Å². The molecule has 0 saturated heterocycles. The second-order valence-corrected chi connectivity index (χ2v) is 6.18. The van der Waals surface area contributed by atoms with Crippen LogP contribution in [0.1, 0.15) is 29.7 Å². The second-order valence-electron chi connectivity index (χ2n) is 5.75. The van der Waals surface area contributed by atoms with Gasteiger partial charge in [-0.25, -0.2) is 0 Å². The zero-order valence-electron chi connectivity index (χ0n) is 13.0. The molecular formula is C18H17ClN2O2. The van der Waals surface area contributed by atoms with Crippen LogP contribution >= 0.6 is 11.6 Å². The highest BCUT2D eigenvalue weighted by atomic mass is 35.5. The van der Waals surface area contributed by atoms with Gasteiger partial charge >= 0.3 is 0 Å². The summed E-state index contributed by atoms with van der Waals surface area (Å²) in [7, 11) is 0. The van der Waals surface area contributed by atoms with E-state index in [1.54, 1.807) is 17.0 Å². The van der Waals surface area contributed by atoms with E-state index < -0.39 is 6.04 Å². The van der Waals surface area contributed by atoms with Gasteiger partial charge in [0.05, 0.1) is 6.54 Å². The van der Waals surface area contributed by atoms with Crippen LogP contribution in [-0.4, -0.2) is 11.8 Å². The van der Waals surface area contributed by atoms with E-state index in [9.17, 15) is 9.59 Å². The number of nitrogens with zero attached hydrogens (tertiary/aromatic N) is 1. The molecule has 0 aromatic heterocycles. The normalized spacial score (nSPS) is 16.4. The molecule has 1 N–H and O–H groups in total. The van der Waals surface area contributed by atoms with Crippen LogP contribution in [0.5, 0.6) is 0 Å². The van der Waals surface area contributed by atoms with Gasteiger partial charge in [0.2, 0.25) is 5.91 Å². The third kappa shape index (κ3) is 3.08. The van der Waals surface area contributed by atoms with Crippen molar-refractivity contribution in [2.75, 3.05) is 4.90 Å². The van der Waals surface area contributed by atoms with E-state index in [1.807, 2.05) is 37.3 Å². The average Bonchev–Trinajstić information content (AvgIpc) is 2.74. The number of aryl methyl sites for hydroxylation is 1. The Morgan fingerprint density at radius 3 is 2.57 bits per heavy atom. The van der Waals surface area contributed by atoms with Gasteiger partial charge in [-0.05, 0) is 30.7 Å². The molecule has 4 nitrogen and oxygen atoms in total. The van der Waals surface area contributed by atoms with Gasteiger partial charge in [0.1, 0.15) is 6.04 Å². The number of rotatable bonds is 3. The van der Waals surface area contributed by atoms with Crippen molar-refractivity contribution >= 4 is 29.1 Å². The Balaban J connectivity index is 1.96. The molecule has 1 aliphatic rings. The van der Waals surface area contributed by atoms with Crippen molar-refractivity contribution in [2.24, 2.45) is 0 Å². The fraction of sp³-hybridized carbons (Fsp3) is 0.222. The van der Waals surface area contributed by atoms with Gasteiger partial charge in [-0.3, -0.25) is 9.59 Å². The highest BCUT2D eigenvalue weighted by Gasteiger charge is 2.37. The second kappa shape index (κ2) is 6.05. The van der Waals surface area contributed by atoms with Gasteiger partial charge < -0.3 is 10.2 Å². The van der Waals surface area contributed by atoms with Gasteiger partial charge in [-0.1, -0.05) is 41.4 Å². The molecule has 0 radical (unpaired) electrons. The first-order chi connectivity index (χ1) is 11.0. The predicted molar refractivity (Wildman–Crippen MR) is 90.4 cm³/mol. The Bertz CT molecular complexity index is 771. The van der Waals surface area contributed by atoms with Gasteiger partial charge in [0.25, 0.3) is 5.91 Å². The maximum Gasteiger partial charge on any atom is 0.254 e. The van der Waals surface area contributed by atoms with Crippen molar-refractivity contribution in [1.29, 1.82) is 0 Å². The monoisotopic (exact) mass is 328 g/mol. The number of hydrogen-bond donors (Lipinski definition) is 1. The first-order valence-corrected chi connectivity index (χ1v) is 7.77. The zero-order valence-corrected chi connectivity index (χ0v) is 13.7. The highest BCUT2D eigenvalue weighted by molar-refractivity contribution is 6.31. The third-order valence-electron chi connectivity index (χ3n) is 3.91. The lowest BCUT2D eigenvalue weighted by Gasteiger charge is -2.18. The molecule has 1 atom stereocenters. The van der Waals surface area contributed by atoms with Gasteiger partial charge in [0.15, 0.2) is 0 Å². The summed E-state index contributed by atoms with van der Waals surface area (Å²) in [6.45, 7) is 3.89. The Morgan fingerprint density at radius 2 is 1.91 bits per heavy atom. The third-order valence-corrected chi connectivity index (χ3v) is 4.15.